The Morgan fingerprint density at radius 3 is 2.08 bits per heavy atom. The first-order valence-electron chi connectivity index (χ1n) is 4.90. The maximum Gasteiger partial charge on any atom is 0.151 e. The smallest absolute Gasteiger partial charge is 0.151 e. The first kappa shape index (κ1) is 11.0. The van der Waals surface area contributed by atoms with E-state index in [9.17, 15) is 8.42 Å². The molecule has 3 nitrogen and oxygen atoms in total. The third kappa shape index (κ3) is 2.23. The van der Waals surface area contributed by atoms with Crippen LogP contribution in [0.15, 0.2) is 0 Å². The van der Waals surface area contributed by atoms with Crippen LogP contribution in [-0.2, 0) is 9.84 Å². The van der Waals surface area contributed by atoms with Crippen molar-refractivity contribution >= 4 is 9.84 Å². The summed E-state index contributed by atoms with van der Waals surface area (Å²) in [4.78, 5) is 2.22. The second kappa shape index (κ2) is 3.58. The first-order chi connectivity index (χ1) is 6.02. The highest BCUT2D eigenvalue weighted by molar-refractivity contribution is 7.92. The van der Waals surface area contributed by atoms with Crippen molar-refractivity contribution in [2.24, 2.45) is 5.41 Å². The van der Waals surface area contributed by atoms with Gasteiger partial charge in [0.05, 0.1) is 11.5 Å². The fraction of sp³-hybridized carbons (Fsp3) is 1.00. The number of likely N-dealkylation sites (tertiary alicyclic amines) is 1. The Morgan fingerprint density at radius 1 is 1.23 bits per heavy atom. The molecule has 0 N–H and O–H groups in total. The molecule has 78 valence electrons. The summed E-state index contributed by atoms with van der Waals surface area (Å²) in [5.74, 6) is 0.870. The van der Waals surface area contributed by atoms with Gasteiger partial charge in [-0.05, 0) is 20.0 Å². The molecule has 2 heterocycles. The Balaban J connectivity index is 0.000000396. The van der Waals surface area contributed by atoms with Gasteiger partial charge in [0.25, 0.3) is 0 Å². The lowest BCUT2D eigenvalue weighted by molar-refractivity contribution is 0.316. The van der Waals surface area contributed by atoms with Gasteiger partial charge >= 0.3 is 0 Å². The molecular weight excluding hydrogens is 186 g/mol. The van der Waals surface area contributed by atoms with E-state index >= 15 is 0 Å². The van der Waals surface area contributed by atoms with Gasteiger partial charge in [0.2, 0.25) is 0 Å². The first-order valence-corrected chi connectivity index (χ1v) is 6.73. The fourth-order valence-electron chi connectivity index (χ4n) is 2.29. The molecule has 0 atom stereocenters. The van der Waals surface area contributed by atoms with E-state index < -0.39 is 9.84 Å². The zero-order chi connectivity index (χ0) is 10.1. The molecule has 2 aliphatic rings. The van der Waals surface area contributed by atoms with Crippen LogP contribution in [0.2, 0.25) is 0 Å². The minimum absolute atomic E-state index is 0.160. The normalized spacial score (nSPS) is 29.2. The predicted molar refractivity (Wildman–Crippen MR) is 54.5 cm³/mol. The van der Waals surface area contributed by atoms with Crippen molar-refractivity contribution in [3.63, 3.8) is 0 Å². The van der Waals surface area contributed by atoms with Gasteiger partial charge in [-0.2, -0.15) is 0 Å². The monoisotopic (exact) mass is 205 g/mol. The van der Waals surface area contributed by atoms with E-state index in [1.165, 1.54) is 0 Å². The van der Waals surface area contributed by atoms with E-state index in [0.717, 1.165) is 19.5 Å². The van der Waals surface area contributed by atoms with Crippen molar-refractivity contribution in [3.05, 3.63) is 0 Å². The number of nitrogens with zero attached hydrogens (tertiary/aromatic N) is 1. The van der Waals surface area contributed by atoms with Crippen LogP contribution in [-0.4, -0.2) is 45.0 Å². The van der Waals surface area contributed by atoms with Crippen LogP contribution >= 0.6 is 0 Å². The molecule has 0 radical (unpaired) electrons. The average Bonchev–Trinajstić information content (AvgIpc) is 2.34. The molecule has 2 saturated heterocycles. The molecular formula is C9H19NO2S. The van der Waals surface area contributed by atoms with E-state index in [1.807, 2.05) is 13.8 Å². The molecule has 0 aliphatic carbocycles. The maximum atomic E-state index is 10.9. The second-order valence-electron chi connectivity index (χ2n) is 4.02. The summed E-state index contributed by atoms with van der Waals surface area (Å²) in [6, 6.07) is 0. The van der Waals surface area contributed by atoms with E-state index in [4.69, 9.17) is 0 Å². The van der Waals surface area contributed by atoms with Crippen LogP contribution in [0.3, 0.4) is 0 Å². The van der Waals surface area contributed by atoms with Crippen molar-refractivity contribution in [2.45, 2.75) is 20.3 Å². The van der Waals surface area contributed by atoms with E-state index in [-0.39, 0.29) is 5.41 Å². The number of hydrogen-bond donors (Lipinski definition) is 0. The summed E-state index contributed by atoms with van der Waals surface area (Å²) >= 11 is 0. The summed E-state index contributed by atoms with van der Waals surface area (Å²) < 4.78 is 21.9. The Morgan fingerprint density at radius 2 is 1.77 bits per heavy atom. The lowest BCUT2D eigenvalue weighted by atomic mass is 9.91. The van der Waals surface area contributed by atoms with Crippen molar-refractivity contribution < 1.29 is 8.42 Å². The molecule has 13 heavy (non-hydrogen) atoms. The Labute approximate surface area is 81.0 Å². The third-order valence-electron chi connectivity index (χ3n) is 2.68. The predicted octanol–water partition coefficient (Wildman–Crippen LogP) is 0.763. The zero-order valence-corrected chi connectivity index (χ0v) is 9.52. The van der Waals surface area contributed by atoms with E-state index in [1.54, 1.807) is 0 Å². The van der Waals surface area contributed by atoms with Crippen molar-refractivity contribution in [3.8, 4) is 0 Å². The summed E-state index contributed by atoms with van der Waals surface area (Å²) in [7, 11) is -0.568. The van der Waals surface area contributed by atoms with Crippen molar-refractivity contribution in [1.29, 1.82) is 0 Å². The van der Waals surface area contributed by atoms with Gasteiger partial charge in [0.15, 0.2) is 9.84 Å². The lowest BCUT2D eigenvalue weighted by Gasteiger charge is -2.37. The SMILES string of the molecule is CC.CN1CCC2(C1)CS(=O)(=O)C2. The number of rotatable bonds is 0. The highest BCUT2D eigenvalue weighted by atomic mass is 32.2. The largest absolute Gasteiger partial charge is 0.306 e. The lowest BCUT2D eigenvalue weighted by Crippen LogP contribution is -2.49. The van der Waals surface area contributed by atoms with Crippen LogP contribution in [0, 0.1) is 5.41 Å². The third-order valence-corrected chi connectivity index (χ3v) is 4.79. The van der Waals surface area contributed by atoms with Gasteiger partial charge in [-0.15, -0.1) is 0 Å². The Hall–Kier alpha value is -0.0900. The minimum atomic E-state index is -2.62. The maximum absolute atomic E-state index is 10.9. The summed E-state index contributed by atoms with van der Waals surface area (Å²) in [5, 5.41) is 0. The van der Waals surface area contributed by atoms with Crippen LogP contribution in [0.1, 0.15) is 20.3 Å². The molecule has 0 aromatic heterocycles. The van der Waals surface area contributed by atoms with E-state index in [2.05, 4.69) is 11.9 Å². The highest BCUT2D eigenvalue weighted by Crippen LogP contribution is 2.40. The van der Waals surface area contributed by atoms with Crippen LogP contribution < -0.4 is 0 Å². The Bertz CT molecular complexity index is 259. The number of hydrogen-bond acceptors (Lipinski definition) is 3. The van der Waals surface area contributed by atoms with Crippen LogP contribution in [0.4, 0.5) is 0 Å². The highest BCUT2D eigenvalue weighted by Gasteiger charge is 2.51. The average molecular weight is 205 g/mol. The number of sulfone groups is 1. The second-order valence-corrected chi connectivity index (χ2v) is 6.08. The molecule has 2 fully saturated rings. The molecule has 0 amide bonds. The van der Waals surface area contributed by atoms with Crippen molar-refractivity contribution in [1.82, 2.24) is 4.90 Å². The van der Waals surface area contributed by atoms with E-state index in [0.29, 0.717) is 11.5 Å². The summed E-state index contributed by atoms with van der Waals surface area (Å²) in [6.07, 6.45) is 1.07. The van der Waals surface area contributed by atoms with Gasteiger partial charge in [0.1, 0.15) is 0 Å². The van der Waals surface area contributed by atoms with Gasteiger partial charge in [-0.25, -0.2) is 8.42 Å². The minimum Gasteiger partial charge on any atom is -0.306 e. The van der Waals surface area contributed by atoms with Gasteiger partial charge in [-0.3, -0.25) is 0 Å². The molecule has 2 aliphatic heterocycles. The standard InChI is InChI=1S/C7H13NO2S.C2H6/c1-8-3-2-7(4-8)5-11(9,10)6-7;1-2/h2-6H2,1H3;1-2H3. The Kier molecular flexibility index (Phi) is 3.02. The summed E-state index contributed by atoms with van der Waals surface area (Å²) in [6.45, 7) is 6.04. The molecule has 0 unspecified atom stereocenters. The molecule has 0 saturated carbocycles. The molecule has 0 aromatic carbocycles. The fourth-order valence-corrected chi connectivity index (χ4v) is 4.54. The van der Waals surface area contributed by atoms with Crippen LogP contribution in [0.25, 0.3) is 0 Å². The zero-order valence-electron chi connectivity index (χ0n) is 8.71. The molecule has 4 heteroatoms. The summed E-state index contributed by atoms with van der Waals surface area (Å²) in [5.41, 5.74) is 0.160. The topological polar surface area (TPSA) is 37.4 Å². The van der Waals surface area contributed by atoms with Gasteiger partial charge < -0.3 is 4.90 Å². The quantitative estimate of drug-likeness (QED) is 0.586. The molecule has 1 spiro atoms. The molecule has 0 aromatic rings. The van der Waals surface area contributed by atoms with Gasteiger partial charge in [0, 0.05) is 12.0 Å². The molecule has 2 rings (SSSR count). The van der Waals surface area contributed by atoms with Crippen LogP contribution in [0.5, 0.6) is 0 Å². The van der Waals surface area contributed by atoms with Gasteiger partial charge in [-0.1, -0.05) is 13.8 Å². The van der Waals surface area contributed by atoms with Crippen molar-refractivity contribution in [2.75, 3.05) is 31.6 Å². The molecule has 0 bridgehead atoms.